The summed E-state index contributed by atoms with van der Waals surface area (Å²) in [6.07, 6.45) is 5.12. The number of nitrogens with zero attached hydrogens (tertiary/aromatic N) is 1. The molecule has 1 rings (SSSR count). The summed E-state index contributed by atoms with van der Waals surface area (Å²) in [6, 6.07) is 2.22. The highest BCUT2D eigenvalue weighted by Crippen LogP contribution is 2.24. The lowest BCUT2D eigenvalue weighted by Crippen LogP contribution is -2.25. The summed E-state index contributed by atoms with van der Waals surface area (Å²) in [5, 5.41) is 8.80. The van der Waals surface area contributed by atoms with Gasteiger partial charge in [-0.3, -0.25) is 0 Å². The topological polar surface area (TPSA) is 23.5 Å². The number of aliphatic hydroxyl groups is 1. The average Bonchev–Trinajstić information content (AvgIpc) is 2.26. The lowest BCUT2D eigenvalue weighted by atomic mass is 10.1. The van der Waals surface area contributed by atoms with E-state index in [1.165, 1.54) is 4.90 Å². The fraction of sp³-hybridized carbons (Fsp3) is 0.333. The molecule has 86 valence electrons. The van der Waals surface area contributed by atoms with Gasteiger partial charge < -0.3 is 10.0 Å². The van der Waals surface area contributed by atoms with Crippen LogP contribution in [-0.2, 0) is 6.61 Å². The zero-order chi connectivity index (χ0) is 12.1. The van der Waals surface area contributed by atoms with E-state index in [2.05, 4.69) is 5.92 Å². The van der Waals surface area contributed by atoms with Crippen molar-refractivity contribution in [2.75, 3.05) is 18.0 Å². The molecule has 0 aliphatic heterocycles. The Morgan fingerprint density at radius 1 is 1.38 bits per heavy atom. The molecule has 0 unspecified atom stereocenters. The summed E-state index contributed by atoms with van der Waals surface area (Å²) in [5.74, 6) is 0.929. The lowest BCUT2D eigenvalue weighted by Gasteiger charge is -2.21. The van der Waals surface area contributed by atoms with Crippen molar-refractivity contribution in [3.63, 3.8) is 0 Å². The molecule has 0 aromatic heterocycles. The van der Waals surface area contributed by atoms with Crippen LogP contribution in [0.25, 0.3) is 0 Å². The highest BCUT2D eigenvalue weighted by atomic mass is 19.1. The van der Waals surface area contributed by atoms with E-state index < -0.39 is 18.2 Å². The molecule has 0 spiro atoms. The van der Waals surface area contributed by atoms with Crippen molar-refractivity contribution in [3.8, 4) is 12.3 Å². The maximum Gasteiger partial charge on any atom is 0.149 e. The molecule has 2 nitrogen and oxygen atoms in total. The first kappa shape index (κ1) is 12.5. The Hall–Kier alpha value is -1.60. The van der Waals surface area contributed by atoms with E-state index in [1.54, 1.807) is 6.92 Å². The Morgan fingerprint density at radius 3 is 2.31 bits per heavy atom. The van der Waals surface area contributed by atoms with Crippen LogP contribution in [0.4, 0.5) is 14.5 Å². The van der Waals surface area contributed by atoms with Gasteiger partial charge in [0.25, 0.3) is 0 Å². The number of halogens is 2. The van der Waals surface area contributed by atoms with Crippen LogP contribution >= 0.6 is 0 Å². The molecule has 1 N–H and O–H groups in total. The Balaban J connectivity index is 3.18. The maximum atomic E-state index is 13.6. The SMILES string of the molecule is C#CCN(CC)c1c(F)cc(CO)cc1F. The van der Waals surface area contributed by atoms with Crippen molar-refractivity contribution in [3.05, 3.63) is 29.3 Å². The van der Waals surface area contributed by atoms with Crippen LogP contribution < -0.4 is 4.90 Å². The normalized spacial score (nSPS) is 9.94. The van der Waals surface area contributed by atoms with Crippen molar-refractivity contribution < 1.29 is 13.9 Å². The largest absolute Gasteiger partial charge is 0.392 e. The fourth-order valence-electron chi connectivity index (χ4n) is 1.47. The van der Waals surface area contributed by atoms with Crippen LogP contribution in [0.1, 0.15) is 12.5 Å². The highest BCUT2D eigenvalue weighted by molar-refractivity contribution is 5.51. The van der Waals surface area contributed by atoms with E-state index in [1.807, 2.05) is 0 Å². The smallest absolute Gasteiger partial charge is 0.149 e. The summed E-state index contributed by atoms with van der Waals surface area (Å²) in [5.41, 5.74) is 0.0631. The second-order valence-electron chi connectivity index (χ2n) is 3.28. The van der Waals surface area contributed by atoms with Crippen molar-refractivity contribution in [2.24, 2.45) is 0 Å². The molecule has 0 heterocycles. The Morgan fingerprint density at radius 2 is 1.94 bits per heavy atom. The molecule has 0 amide bonds. The Kier molecular flexibility index (Phi) is 4.27. The average molecular weight is 225 g/mol. The first-order chi connectivity index (χ1) is 7.63. The molecular formula is C12H13F2NO. The zero-order valence-corrected chi connectivity index (χ0v) is 9.00. The van der Waals surface area contributed by atoms with Gasteiger partial charge in [-0.05, 0) is 24.6 Å². The van der Waals surface area contributed by atoms with E-state index in [0.29, 0.717) is 6.54 Å². The van der Waals surface area contributed by atoms with Gasteiger partial charge in [-0.2, -0.15) is 0 Å². The van der Waals surface area contributed by atoms with Crippen molar-refractivity contribution in [1.29, 1.82) is 0 Å². The molecule has 0 aliphatic carbocycles. The van der Waals surface area contributed by atoms with Crippen LogP contribution in [0, 0.1) is 24.0 Å². The third-order valence-electron chi connectivity index (χ3n) is 2.24. The number of aliphatic hydroxyl groups excluding tert-OH is 1. The molecule has 0 aliphatic rings. The number of rotatable bonds is 4. The number of benzene rings is 1. The third kappa shape index (κ3) is 2.50. The molecule has 1 aromatic rings. The lowest BCUT2D eigenvalue weighted by molar-refractivity contribution is 0.280. The second kappa shape index (κ2) is 5.47. The molecule has 0 radical (unpaired) electrons. The van der Waals surface area contributed by atoms with Crippen LogP contribution in [0.5, 0.6) is 0 Å². The summed E-state index contributed by atoms with van der Waals surface area (Å²) in [4.78, 5) is 1.42. The van der Waals surface area contributed by atoms with E-state index in [4.69, 9.17) is 11.5 Å². The van der Waals surface area contributed by atoms with Gasteiger partial charge in [0.15, 0.2) is 0 Å². The van der Waals surface area contributed by atoms with Gasteiger partial charge in [0, 0.05) is 6.54 Å². The summed E-state index contributed by atoms with van der Waals surface area (Å²) in [7, 11) is 0. The minimum absolute atomic E-state index is 0.141. The van der Waals surface area contributed by atoms with Gasteiger partial charge in [0.05, 0.1) is 13.2 Å². The van der Waals surface area contributed by atoms with Crippen LogP contribution in [0.2, 0.25) is 0 Å². The zero-order valence-electron chi connectivity index (χ0n) is 9.00. The molecule has 0 atom stereocenters. The van der Waals surface area contributed by atoms with E-state index in [-0.39, 0.29) is 17.8 Å². The predicted octanol–water partition coefficient (Wildman–Crippen LogP) is 1.92. The predicted molar refractivity (Wildman–Crippen MR) is 59.0 cm³/mol. The number of anilines is 1. The van der Waals surface area contributed by atoms with Gasteiger partial charge in [-0.15, -0.1) is 6.42 Å². The summed E-state index contributed by atoms with van der Waals surface area (Å²) in [6.45, 7) is 1.92. The van der Waals surface area contributed by atoms with Gasteiger partial charge >= 0.3 is 0 Å². The first-order valence-corrected chi connectivity index (χ1v) is 4.91. The van der Waals surface area contributed by atoms with Crippen LogP contribution in [0.15, 0.2) is 12.1 Å². The standard InChI is InChI=1S/C12H13F2NO/c1-3-5-15(4-2)12-10(13)6-9(8-16)7-11(12)14/h1,6-7,16H,4-5,8H2,2H3. The Labute approximate surface area is 93.5 Å². The molecule has 0 fully saturated rings. The van der Waals surface area contributed by atoms with Gasteiger partial charge in [0.1, 0.15) is 17.3 Å². The van der Waals surface area contributed by atoms with Crippen molar-refractivity contribution in [2.45, 2.75) is 13.5 Å². The number of hydrogen-bond acceptors (Lipinski definition) is 2. The Bertz CT molecular complexity index is 389. The number of terminal acetylenes is 1. The molecule has 16 heavy (non-hydrogen) atoms. The molecular weight excluding hydrogens is 212 g/mol. The first-order valence-electron chi connectivity index (χ1n) is 4.91. The molecule has 0 saturated carbocycles. The third-order valence-corrected chi connectivity index (χ3v) is 2.24. The molecule has 0 bridgehead atoms. The van der Waals surface area contributed by atoms with E-state index >= 15 is 0 Å². The highest BCUT2D eigenvalue weighted by Gasteiger charge is 2.16. The molecule has 1 aromatic carbocycles. The van der Waals surface area contributed by atoms with E-state index in [0.717, 1.165) is 12.1 Å². The minimum atomic E-state index is -0.707. The second-order valence-corrected chi connectivity index (χ2v) is 3.28. The molecule has 0 saturated heterocycles. The fourth-order valence-corrected chi connectivity index (χ4v) is 1.47. The van der Waals surface area contributed by atoms with Crippen molar-refractivity contribution in [1.82, 2.24) is 0 Å². The van der Waals surface area contributed by atoms with Gasteiger partial charge in [-0.1, -0.05) is 5.92 Å². The minimum Gasteiger partial charge on any atom is -0.392 e. The number of hydrogen-bond donors (Lipinski definition) is 1. The van der Waals surface area contributed by atoms with E-state index in [9.17, 15) is 8.78 Å². The van der Waals surface area contributed by atoms with Gasteiger partial charge in [0.2, 0.25) is 0 Å². The monoisotopic (exact) mass is 225 g/mol. The quantitative estimate of drug-likeness (QED) is 0.791. The van der Waals surface area contributed by atoms with Gasteiger partial charge in [-0.25, -0.2) is 8.78 Å². The summed E-state index contributed by atoms with van der Waals surface area (Å²) < 4.78 is 27.2. The van der Waals surface area contributed by atoms with Crippen molar-refractivity contribution >= 4 is 5.69 Å². The van der Waals surface area contributed by atoms with Crippen LogP contribution in [0.3, 0.4) is 0 Å². The summed E-state index contributed by atoms with van der Waals surface area (Å²) >= 11 is 0. The maximum absolute atomic E-state index is 13.6. The van der Waals surface area contributed by atoms with Crippen LogP contribution in [-0.4, -0.2) is 18.2 Å². The molecule has 4 heteroatoms.